The van der Waals surface area contributed by atoms with Gasteiger partial charge in [-0.05, 0) is 31.5 Å². The highest BCUT2D eigenvalue weighted by Gasteiger charge is 2.42. The molecule has 9 heteroatoms. The van der Waals surface area contributed by atoms with Crippen molar-refractivity contribution in [1.82, 2.24) is 10.2 Å². The van der Waals surface area contributed by atoms with Crippen LogP contribution in [0, 0.1) is 5.82 Å². The van der Waals surface area contributed by atoms with Crippen molar-refractivity contribution in [3.63, 3.8) is 0 Å². The van der Waals surface area contributed by atoms with Crippen LogP contribution in [0.15, 0.2) is 29.4 Å². The number of oxime groups is 1. The number of anilines is 1. The molecule has 0 fully saturated rings. The van der Waals surface area contributed by atoms with Crippen LogP contribution in [0.2, 0.25) is 0 Å². The van der Waals surface area contributed by atoms with Gasteiger partial charge in [0.2, 0.25) is 10.7 Å². The van der Waals surface area contributed by atoms with Gasteiger partial charge in [0, 0.05) is 13.0 Å². The summed E-state index contributed by atoms with van der Waals surface area (Å²) in [5, 5.41) is 15.6. The van der Waals surface area contributed by atoms with Crippen LogP contribution in [0.1, 0.15) is 30.8 Å². The molecule has 0 saturated heterocycles. The Bertz CT molecular complexity index is 793. The van der Waals surface area contributed by atoms with Crippen LogP contribution in [-0.4, -0.2) is 34.0 Å². The summed E-state index contributed by atoms with van der Waals surface area (Å²) >= 11 is 1.24. The van der Waals surface area contributed by atoms with Gasteiger partial charge in [-0.1, -0.05) is 28.6 Å². The second kappa shape index (κ2) is 7.24. The van der Waals surface area contributed by atoms with E-state index in [1.807, 2.05) is 6.92 Å². The third-order valence-electron chi connectivity index (χ3n) is 3.64. The fourth-order valence-corrected chi connectivity index (χ4v) is 2.91. The molecule has 1 amide bonds. The minimum atomic E-state index is -1.16. The number of ether oxygens (including phenoxy) is 1. The highest BCUT2D eigenvalue weighted by Crippen LogP contribution is 2.28. The number of rotatable bonds is 6. The van der Waals surface area contributed by atoms with E-state index in [2.05, 4.69) is 20.7 Å². The molecule has 7 nitrogen and oxygen atoms in total. The smallest absolute Gasteiger partial charge is 0.273 e. The minimum Gasteiger partial charge on any atom is -0.379 e. The van der Waals surface area contributed by atoms with Crippen molar-refractivity contribution < 1.29 is 18.8 Å². The third-order valence-corrected chi connectivity index (χ3v) is 4.45. The van der Waals surface area contributed by atoms with Crippen molar-refractivity contribution in [3.05, 3.63) is 40.7 Å². The van der Waals surface area contributed by atoms with Crippen LogP contribution in [-0.2, 0) is 21.0 Å². The summed E-state index contributed by atoms with van der Waals surface area (Å²) in [7, 11) is 0. The molecular weight excluding hydrogens is 347 g/mol. The monoisotopic (exact) mass is 364 g/mol. The molecule has 0 aliphatic carbocycles. The van der Waals surface area contributed by atoms with E-state index in [0.29, 0.717) is 34.6 Å². The van der Waals surface area contributed by atoms with Gasteiger partial charge >= 0.3 is 0 Å². The molecule has 0 bridgehead atoms. The van der Waals surface area contributed by atoms with Crippen LogP contribution in [0.25, 0.3) is 0 Å². The lowest BCUT2D eigenvalue weighted by atomic mass is 9.95. The number of nitrogens with zero attached hydrogens (tertiary/aromatic N) is 3. The van der Waals surface area contributed by atoms with E-state index in [-0.39, 0.29) is 18.1 Å². The van der Waals surface area contributed by atoms with Crippen LogP contribution in [0.3, 0.4) is 0 Å². The number of hydrogen-bond donors (Lipinski definition) is 1. The molecular formula is C16H17FN4O3S. The van der Waals surface area contributed by atoms with Gasteiger partial charge in [-0.15, -0.1) is 10.2 Å². The van der Waals surface area contributed by atoms with Crippen LogP contribution in [0.4, 0.5) is 9.52 Å². The number of aromatic nitrogens is 2. The molecule has 1 unspecified atom stereocenters. The fourth-order valence-electron chi connectivity index (χ4n) is 2.24. The van der Waals surface area contributed by atoms with Gasteiger partial charge in [0.15, 0.2) is 0 Å². The number of amides is 1. The molecule has 25 heavy (non-hydrogen) atoms. The Morgan fingerprint density at radius 2 is 2.16 bits per heavy atom. The first kappa shape index (κ1) is 17.4. The Balaban J connectivity index is 1.62. The summed E-state index contributed by atoms with van der Waals surface area (Å²) in [6, 6.07) is 5.89. The number of carbonyl (C=O) groups is 1. The van der Waals surface area contributed by atoms with Gasteiger partial charge in [-0.3, -0.25) is 10.1 Å². The third kappa shape index (κ3) is 3.99. The van der Waals surface area contributed by atoms with Crippen molar-refractivity contribution in [3.8, 4) is 0 Å². The zero-order chi connectivity index (χ0) is 17.9. The molecule has 1 aliphatic rings. The highest BCUT2D eigenvalue weighted by molar-refractivity contribution is 7.15. The van der Waals surface area contributed by atoms with Gasteiger partial charge in [0.1, 0.15) is 17.4 Å². The quantitative estimate of drug-likeness (QED) is 0.852. The molecule has 0 saturated carbocycles. The summed E-state index contributed by atoms with van der Waals surface area (Å²) in [5.41, 5.74) is 0.148. The second-order valence-corrected chi connectivity index (χ2v) is 6.70. The van der Waals surface area contributed by atoms with Gasteiger partial charge in [0.25, 0.3) is 5.91 Å². The van der Waals surface area contributed by atoms with Crippen molar-refractivity contribution >= 4 is 28.1 Å². The van der Waals surface area contributed by atoms with Crippen molar-refractivity contribution in [2.24, 2.45) is 5.16 Å². The average Bonchev–Trinajstić information content (AvgIpc) is 3.21. The Kier molecular flexibility index (Phi) is 5.05. The SMILES string of the molecule is CCOCc1nnc(NC(=O)C2(C)CC(c3ccc(F)cc3)=NO2)s1. The lowest BCUT2D eigenvalue weighted by molar-refractivity contribution is -0.135. The zero-order valence-electron chi connectivity index (χ0n) is 13.8. The Hall–Kier alpha value is -2.39. The summed E-state index contributed by atoms with van der Waals surface area (Å²) in [6.07, 6.45) is 0.273. The first-order chi connectivity index (χ1) is 12.0. The van der Waals surface area contributed by atoms with Gasteiger partial charge in [-0.25, -0.2) is 4.39 Å². The number of hydrogen-bond acceptors (Lipinski definition) is 7. The standard InChI is InChI=1S/C16H17FN4O3S/c1-3-23-9-13-19-20-15(25-13)18-14(22)16(2)8-12(21-24-16)10-4-6-11(17)7-5-10/h4-7H,3,8-9H2,1-2H3,(H,18,20,22). The fraction of sp³-hybridized carbons (Fsp3) is 0.375. The lowest BCUT2D eigenvalue weighted by Gasteiger charge is -2.19. The first-order valence-corrected chi connectivity index (χ1v) is 8.54. The van der Waals surface area contributed by atoms with Crippen molar-refractivity contribution in [2.45, 2.75) is 32.5 Å². The zero-order valence-corrected chi connectivity index (χ0v) is 14.6. The van der Waals surface area contributed by atoms with Crippen LogP contribution < -0.4 is 5.32 Å². The topological polar surface area (TPSA) is 85.7 Å². The normalized spacial score (nSPS) is 19.4. The average molecular weight is 364 g/mol. The molecule has 0 radical (unpaired) electrons. The maximum Gasteiger partial charge on any atom is 0.273 e. The molecule has 1 aromatic carbocycles. The molecule has 1 N–H and O–H groups in total. The molecule has 3 rings (SSSR count). The number of carbonyl (C=O) groups excluding carboxylic acids is 1. The molecule has 132 valence electrons. The predicted octanol–water partition coefficient (Wildman–Crippen LogP) is 2.74. The van der Waals surface area contributed by atoms with E-state index in [4.69, 9.17) is 9.57 Å². The van der Waals surface area contributed by atoms with Gasteiger partial charge in [0.05, 0.1) is 5.71 Å². The van der Waals surface area contributed by atoms with Gasteiger partial charge < -0.3 is 9.57 Å². The van der Waals surface area contributed by atoms with Crippen molar-refractivity contribution in [2.75, 3.05) is 11.9 Å². The summed E-state index contributed by atoms with van der Waals surface area (Å²) in [4.78, 5) is 17.9. The number of benzene rings is 1. The molecule has 1 aromatic heterocycles. The predicted molar refractivity (Wildman–Crippen MR) is 90.9 cm³/mol. The molecule has 2 aromatic rings. The maximum absolute atomic E-state index is 13.0. The summed E-state index contributed by atoms with van der Waals surface area (Å²) in [5.74, 6) is -0.699. The minimum absolute atomic E-state index is 0.273. The largest absolute Gasteiger partial charge is 0.379 e. The van der Waals surface area contributed by atoms with Crippen LogP contribution >= 0.6 is 11.3 Å². The second-order valence-electron chi connectivity index (χ2n) is 5.64. The highest BCUT2D eigenvalue weighted by atomic mass is 32.1. The Labute approximate surface area is 147 Å². The lowest BCUT2D eigenvalue weighted by Crippen LogP contribution is -2.40. The number of halogens is 1. The summed E-state index contributed by atoms with van der Waals surface area (Å²) in [6.45, 7) is 4.47. The Morgan fingerprint density at radius 3 is 2.88 bits per heavy atom. The molecule has 2 heterocycles. The van der Waals surface area contributed by atoms with E-state index in [1.54, 1.807) is 19.1 Å². The molecule has 0 spiro atoms. The first-order valence-electron chi connectivity index (χ1n) is 7.73. The number of nitrogens with one attached hydrogen (secondary N) is 1. The van der Waals surface area contributed by atoms with E-state index in [9.17, 15) is 9.18 Å². The molecule has 1 aliphatic heterocycles. The molecule has 1 atom stereocenters. The van der Waals surface area contributed by atoms with E-state index in [0.717, 1.165) is 0 Å². The van der Waals surface area contributed by atoms with Crippen molar-refractivity contribution in [1.29, 1.82) is 0 Å². The van der Waals surface area contributed by atoms with E-state index in [1.165, 1.54) is 23.5 Å². The maximum atomic E-state index is 13.0. The Morgan fingerprint density at radius 1 is 1.40 bits per heavy atom. The van der Waals surface area contributed by atoms with E-state index >= 15 is 0 Å². The summed E-state index contributed by atoms with van der Waals surface area (Å²) < 4.78 is 18.3. The van der Waals surface area contributed by atoms with Crippen LogP contribution in [0.5, 0.6) is 0 Å². The van der Waals surface area contributed by atoms with E-state index < -0.39 is 5.60 Å². The van der Waals surface area contributed by atoms with Gasteiger partial charge in [-0.2, -0.15) is 0 Å².